The fraction of sp³-hybridized carbons (Fsp3) is 0.929. The highest BCUT2D eigenvalue weighted by atomic mass is 19.4. The number of alkyl halides is 3. The summed E-state index contributed by atoms with van der Waals surface area (Å²) < 4.78 is 44.7. The molecule has 0 radical (unpaired) electrons. The van der Waals surface area contributed by atoms with E-state index in [0.29, 0.717) is 6.61 Å². The number of ether oxygens (including phenoxy) is 1. The van der Waals surface area contributed by atoms with Crippen molar-refractivity contribution in [2.45, 2.75) is 62.9 Å². The number of hydrogen-bond donors (Lipinski definition) is 2. The Labute approximate surface area is 121 Å². The van der Waals surface area contributed by atoms with Crippen LogP contribution in [0.4, 0.5) is 13.2 Å². The number of nitrogens with one attached hydrogen (secondary N) is 1. The predicted octanol–water partition coefficient (Wildman–Crippen LogP) is 1.73. The van der Waals surface area contributed by atoms with Crippen molar-refractivity contribution in [2.75, 3.05) is 6.61 Å². The van der Waals surface area contributed by atoms with Crippen LogP contribution in [0.3, 0.4) is 0 Å². The van der Waals surface area contributed by atoms with Crippen LogP contribution in [0.5, 0.6) is 0 Å². The van der Waals surface area contributed by atoms with Gasteiger partial charge in [-0.3, -0.25) is 4.79 Å². The van der Waals surface area contributed by atoms with Gasteiger partial charge in [-0.15, -0.1) is 0 Å². The van der Waals surface area contributed by atoms with Crippen LogP contribution in [0.2, 0.25) is 0 Å². The van der Waals surface area contributed by atoms with Gasteiger partial charge in [0.25, 0.3) is 0 Å². The molecule has 4 nitrogen and oxygen atoms in total. The maximum atomic E-state index is 13.0. The average molecular weight is 306 g/mol. The van der Waals surface area contributed by atoms with Crippen LogP contribution in [0, 0.1) is 11.3 Å². The predicted molar refractivity (Wildman–Crippen MR) is 69.3 cm³/mol. The molecule has 1 amide bonds. The maximum absolute atomic E-state index is 13.0. The lowest BCUT2D eigenvalue weighted by Crippen LogP contribution is -2.83. The fourth-order valence-corrected chi connectivity index (χ4v) is 3.96. The molecular weight excluding hydrogens is 285 g/mol. The van der Waals surface area contributed by atoms with E-state index in [9.17, 15) is 18.0 Å². The van der Waals surface area contributed by atoms with Gasteiger partial charge in [-0.05, 0) is 25.7 Å². The molecule has 120 valence electrons. The summed E-state index contributed by atoms with van der Waals surface area (Å²) in [7, 11) is 0. The number of halogens is 3. The van der Waals surface area contributed by atoms with Crippen molar-refractivity contribution in [1.29, 1.82) is 0 Å². The number of carbonyl (C=O) groups excluding carboxylic acids is 1. The van der Waals surface area contributed by atoms with Crippen LogP contribution in [-0.4, -0.2) is 35.9 Å². The number of nitrogens with two attached hydrogens (primary N) is 1. The minimum absolute atomic E-state index is 0.0661. The van der Waals surface area contributed by atoms with Gasteiger partial charge in [0.2, 0.25) is 5.91 Å². The van der Waals surface area contributed by atoms with E-state index in [1.54, 1.807) is 13.8 Å². The molecule has 1 aliphatic heterocycles. The molecule has 0 aromatic heterocycles. The second kappa shape index (κ2) is 4.13. The normalized spacial score (nSPS) is 39.9. The summed E-state index contributed by atoms with van der Waals surface area (Å²) in [6, 6.07) is 0. The lowest BCUT2D eigenvalue weighted by molar-refractivity contribution is -0.228. The molecule has 3 N–H and O–H groups in total. The van der Waals surface area contributed by atoms with Crippen molar-refractivity contribution in [2.24, 2.45) is 17.1 Å². The van der Waals surface area contributed by atoms with Gasteiger partial charge in [-0.1, -0.05) is 13.8 Å². The molecule has 0 bridgehead atoms. The molecule has 21 heavy (non-hydrogen) atoms. The molecule has 3 unspecified atom stereocenters. The Morgan fingerprint density at radius 1 is 1.33 bits per heavy atom. The zero-order chi connectivity index (χ0) is 15.7. The summed E-state index contributed by atoms with van der Waals surface area (Å²) in [4.78, 5) is 12.5. The van der Waals surface area contributed by atoms with Gasteiger partial charge < -0.3 is 15.8 Å². The van der Waals surface area contributed by atoms with Crippen LogP contribution in [0.25, 0.3) is 0 Å². The first-order valence-electron chi connectivity index (χ1n) is 7.36. The Balaban J connectivity index is 1.81. The smallest absolute Gasteiger partial charge is 0.377 e. The summed E-state index contributed by atoms with van der Waals surface area (Å²) in [5.74, 6) is -0.889. The summed E-state index contributed by atoms with van der Waals surface area (Å²) in [5.41, 5.74) is 2.28. The first-order chi connectivity index (χ1) is 9.56. The Kier molecular flexibility index (Phi) is 2.97. The minimum atomic E-state index is -4.42. The van der Waals surface area contributed by atoms with Crippen molar-refractivity contribution in [3.05, 3.63) is 0 Å². The Bertz CT molecular complexity index is 473. The van der Waals surface area contributed by atoms with Gasteiger partial charge in [0.05, 0.1) is 6.10 Å². The largest absolute Gasteiger partial charge is 0.411 e. The third-order valence-corrected chi connectivity index (χ3v) is 5.71. The molecule has 2 saturated carbocycles. The van der Waals surface area contributed by atoms with Gasteiger partial charge in [-0.2, -0.15) is 13.2 Å². The van der Waals surface area contributed by atoms with Crippen molar-refractivity contribution < 1.29 is 22.7 Å². The monoisotopic (exact) mass is 306 g/mol. The lowest BCUT2D eigenvalue weighted by atomic mass is 9.46. The lowest BCUT2D eigenvalue weighted by Gasteiger charge is -2.65. The van der Waals surface area contributed by atoms with E-state index in [2.05, 4.69) is 5.32 Å². The standard InChI is InChI=1S/C14H21F3N2O2/c1-11(2)9-8(4-3-7-21-9)13(11,18)10(20)19-12(5-6-12)14(15,16)17/h8-9H,3-7,18H2,1-2H3,(H,19,20). The van der Waals surface area contributed by atoms with Crippen molar-refractivity contribution in [3.63, 3.8) is 0 Å². The summed E-state index contributed by atoms with van der Waals surface area (Å²) >= 11 is 0. The Morgan fingerprint density at radius 3 is 2.48 bits per heavy atom. The van der Waals surface area contributed by atoms with E-state index in [4.69, 9.17) is 10.5 Å². The Hall–Kier alpha value is -0.820. The molecule has 7 heteroatoms. The van der Waals surface area contributed by atoms with Gasteiger partial charge in [0.15, 0.2) is 0 Å². The number of rotatable bonds is 2. The van der Waals surface area contributed by atoms with Crippen LogP contribution >= 0.6 is 0 Å². The van der Waals surface area contributed by atoms with Gasteiger partial charge in [0.1, 0.15) is 11.1 Å². The molecule has 3 aliphatic rings. The van der Waals surface area contributed by atoms with E-state index < -0.39 is 28.6 Å². The number of amides is 1. The highest BCUT2D eigenvalue weighted by Crippen LogP contribution is 2.58. The van der Waals surface area contributed by atoms with Crippen molar-refractivity contribution in [1.82, 2.24) is 5.32 Å². The van der Waals surface area contributed by atoms with Crippen LogP contribution in [0.15, 0.2) is 0 Å². The first-order valence-corrected chi connectivity index (χ1v) is 7.36. The third kappa shape index (κ3) is 1.79. The molecule has 0 spiro atoms. The number of carbonyl (C=O) groups is 1. The fourth-order valence-electron chi connectivity index (χ4n) is 3.96. The molecule has 1 heterocycles. The van der Waals surface area contributed by atoms with Gasteiger partial charge in [0, 0.05) is 17.9 Å². The van der Waals surface area contributed by atoms with Crippen molar-refractivity contribution in [3.8, 4) is 0 Å². The third-order valence-electron chi connectivity index (χ3n) is 5.71. The van der Waals surface area contributed by atoms with E-state index in [1.807, 2.05) is 0 Å². The molecule has 3 atom stereocenters. The molecule has 0 aromatic rings. The van der Waals surface area contributed by atoms with Crippen molar-refractivity contribution >= 4 is 5.91 Å². The van der Waals surface area contributed by atoms with Gasteiger partial charge in [-0.25, -0.2) is 0 Å². The zero-order valence-electron chi connectivity index (χ0n) is 12.2. The molecule has 3 rings (SSSR count). The summed E-state index contributed by atoms with van der Waals surface area (Å²) in [6.07, 6.45) is -3.20. The molecule has 0 aromatic carbocycles. The molecule has 2 aliphatic carbocycles. The van der Waals surface area contributed by atoms with Crippen LogP contribution < -0.4 is 11.1 Å². The molecular formula is C14H21F3N2O2. The van der Waals surface area contributed by atoms with Gasteiger partial charge >= 0.3 is 6.18 Å². The van der Waals surface area contributed by atoms with E-state index >= 15 is 0 Å². The average Bonchev–Trinajstić information content (AvgIpc) is 3.18. The molecule has 3 fully saturated rings. The SMILES string of the molecule is CC1(C)C2OCCCC2C1(N)C(=O)NC1(C(F)(F)F)CC1. The van der Waals surface area contributed by atoms with Crippen LogP contribution in [0.1, 0.15) is 39.5 Å². The molecule has 1 saturated heterocycles. The zero-order valence-corrected chi connectivity index (χ0v) is 12.2. The summed E-state index contributed by atoms with van der Waals surface area (Å²) in [6.45, 7) is 4.22. The Morgan fingerprint density at radius 2 is 1.95 bits per heavy atom. The highest BCUT2D eigenvalue weighted by Gasteiger charge is 2.73. The number of fused-ring (bicyclic) bond motifs is 1. The second-order valence-electron chi connectivity index (χ2n) is 7.16. The topological polar surface area (TPSA) is 64.3 Å². The maximum Gasteiger partial charge on any atom is 0.411 e. The second-order valence-corrected chi connectivity index (χ2v) is 7.16. The quantitative estimate of drug-likeness (QED) is 0.816. The van der Waals surface area contributed by atoms with Crippen LogP contribution in [-0.2, 0) is 9.53 Å². The first kappa shape index (κ1) is 15.1. The highest BCUT2D eigenvalue weighted by molar-refractivity contribution is 5.90. The minimum Gasteiger partial charge on any atom is -0.377 e. The van der Waals surface area contributed by atoms with E-state index in [0.717, 1.165) is 12.8 Å². The summed E-state index contributed by atoms with van der Waals surface area (Å²) in [5, 5.41) is 2.19. The van der Waals surface area contributed by atoms with E-state index in [-0.39, 0.29) is 24.9 Å². The number of hydrogen-bond acceptors (Lipinski definition) is 3. The van der Waals surface area contributed by atoms with E-state index in [1.165, 1.54) is 0 Å².